The number of hydrogen-bond donors (Lipinski definition) is 1. The highest BCUT2D eigenvalue weighted by atomic mass is 16.6. The van der Waals surface area contributed by atoms with Gasteiger partial charge in [0.05, 0.1) is 12.9 Å². The molecule has 1 saturated heterocycles. The van der Waals surface area contributed by atoms with Crippen molar-refractivity contribution in [3.63, 3.8) is 0 Å². The summed E-state index contributed by atoms with van der Waals surface area (Å²) in [5.74, 6) is 3.66. The molecule has 6 heteroatoms. The number of likely N-dealkylation sites (tertiary alicyclic amines) is 1. The molecule has 1 N–H and O–H groups in total. The Morgan fingerprint density at radius 1 is 1.19 bits per heavy atom. The van der Waals surface area contributed by atoms with Crippen LogP contribution in [0, 0.1) is 11.3 Å². The van der Waals surface area contributed by atoms with Crippen molar-refractivity contribution in [3.05, 3.63) is 30.4 Å². The maximum Gasteiger partial charge on any atom is 0.204 e. The Morgan fingerprint density at radius 2 is 2.04 bits per heavy atom. The molecule has 146 valence electrons. The van der Waals surface area contributed by atoms with Gasteiger partial charge in [-0.05, 0) is 44.0 Å². The predicted molar refractivity (Wildman–Crippen MR) is 105 cm³/mol. The summed E-state index contributed by atoms with van der Waals surface area (Å²) in [6.07, 6.45) is 7.46. The monoisotopic (exact) mass is 371 g/mol. The van der Waals surface area contributed by atoms with Crippen LogP contribution in [0.3, 0.4) is 0 Å². The van der Waals surface area contributed by atoms with E-state index in [-0.39, 0.29) is 6.10 Å². The van der Waals surface area contributed by atoms with Gasteiger partial charge in [-0.25, -0.2) is 0 Å². The van der Waals surface area contributed by atoms with Crippen LogP contribution in [0.25, 0.3) is 0 Å². The van der Waals surface area contributed by atoms with E-state index in [2.05, 4.69) is 22.0 Å². The van der Waals surface area contributed by atoms with Crippen molar-refractivity contribution in [2.75, 3.05) is 46.4 Å². The smallest absolute Gasteiger partial charge is 0.204 e. The quantitative estimate of drug-likeness (QED) is 0.807. The molecule has 0 saturated carbocycles. The average molecular weight is 371 g/mol. The van der Waals surface area contributed by atoms with Gasteiger partial charge in [0.15, 0.2) is 11.5 Å². The Labute approximate surface area is 161 Å². The fourth-order valence-corrected chi connectivity index (χ4v) is 4.13. The van der Waals surface area contributed by atoms with E-state index < -0.39 is 0 Å². The number of hydrogen-bond acceptors (Lipinski definition) is 5. The molecule has 0 amide bonds. The van der Waals surface area contributed by atoms with Crippen molar-refractivity contribution in [1.82, 2.24) is 9.80 Å². The van der Waals surface area contributed by atoms with Gasteiger partial charge < -0.3 is 19.1 Å². The summed E-state index contributed by atoms with van der Waals surface area (Å²) in [7, 11) is 1.66. The van der Waals surface area contributed by atoms with Gasteiger partial charge in [0.1, 0.15) is 12.7 Å². The molecule has 27 heavy (non-hydrogen) atoms. The van der Waals surface area contributed by atoms with Gasteiger partial charge in [0.25, 0.3) is 0 Å². The zero-order valence-electron chi connectivity index (χ0n) is 16.0. The maximum atomic E-state index is 8.09. The molecule has 1 aromatic rings. The highest BCUT2D eigenvalue weighted by Gasteiger charge is 2.28. The van der Waals surface area contributed by atoms with Crippen LogP contribution < -0.4 is 14.2 Å². The van der Waals surface area contributed by atoms with Crippen LogP contribution in [0.15, 0.2) is 30.4 Å². The lowest BCUT2D eigenvalue weighted by atomic mass is 9.95. The van der Waals surface area contributed by atoms with E-state index in [4.69, 9.17) is 19.6 Å². The number of amidine groups is 1. The lowest BCUT2D eigenvalue weighted by Gasteiger charge is -2.38. The minimum atomic E-state index is 0.0331. The van der Waals surface area contributed by atoms with Crippen molar-refractivity contribution in [2.45, 2.75) is 25.4 Å². The number of rotatable bonds is 5. The van der Waals surface area contributed by atoms with Gasteiger partial charge >= 0.3 is 0 Å². The first-order valence-electron chi connectivity index (χ1n) is 9.89. The van der Waals surface area contributed by atoms with Crippen LogP contribution in [0.5, 0.6) is 17.2 Å². The highest BCUT2D eigenvalue weighted by Crippen LogP contribution is 2.40. The van der Waals surface area contributed by atoms with Crippen LogP contribution in [0.1, 0.15) is 19.3 Å². The molecule has 3 aliphatic heterocycles. The third-order valence-electron chi connectivity index (χ3n) is 5.70. The molecule has 3 heterocycles. The van der Waals surface area contributed by atoms with Gasteiger partial charge in [-0.1, -0.05) is 18.2 Å². The minimum absolute atomic E-state index is 0.0331. The Kier molecular flexibility index (Phi) is 5.53. The molecular weight excluding hydrogens is 342 g/mol. The highest BCUT2D eigenvalue weighted by molar-refractivity contribution is 5.81. The summed E-state index contributed by atoms with van der Waals surface area (Å²) >= 11 is 0. The van der Waals surface area contributed by atoms with Crippen LogP contribution >= 0.6 is 0 Å². The van der Waals surface area contributed by atoms with Crippen LogP contribution in [-0.4, -0.2) is 68.2 Å². The van der Waals surface area contributed by atoms with Gasteiger partial charge in [0, 0.05) is 26.1 Å². The first-order valence-corrected chi connectivity index (χ1v) is 9.89. The van der Waals surface area contributed by atoms with E-state index in [9.17, 15) is 0 Å². The summed E-state index contributed by atoms with van der Waals surface area (Å²) in [4.78, 5) is 4.70. The van der Waals surface area contributed by atoms with Crippen molar-refractivity contribution >= 4 is 5.84 Å². The molecule has 0 bridgehead atoms. The average Bonchev–Trinajstić information content (AvgIpc) is 2.70. The van der Waals surface area contributed by atoms with Crippen LogP contribution in [-0.2, 0) is 0 Å². The molecule has 1 unspecified atom stereocenters. The number of fused-ring (bicyclic) bond motifs is 1. The molecular formula is C21H29N3O3. The van der Waals surface area contributed by atoms with E-state index >= 15 is 0 Å². The fourth-order valence-electron chi connectivity index (χ4n) is 4.13. The summed E-state index contributed by atoms with van der Waals surface area (Å²) < 4.78 is 17.5. The third-order valence-corrected chi connectivity index (χ3v) is 5.70. The number of para-hydroxylation sites is 1. The second kappa shape index (κ2) is 8.21. The second-order valence-electron chi connectivity index (χ2n) is 7.61. The number of methoxy groups -OCH3 is 1. The molecule has 1 aromatic carbocycles. The lowest BCUT2D eigenvalue weighted by molar-refractivity contribution is 0.0441. The SMILES string of the molecule is COc1cccc2c1OC(CN1CCC(CN3CC=CCC3=N)CC1)CO2. The number of ether oxygens (including phenoxy) is 3. The minimum Gasteiger partial charge on any atom is -0.493 e. The molecule has 1 fully saturated rings. The Balaban J connectivity index is 1.26. The molecule has 0 spiro atoms. The van der Waals surface area contributed by atoms with Crippen LogP contribution in [0.2, 0.25) is 0 Å². The van der Waals surface area contributed by atoms with Gasteiger partial charge in [-0.15, -0.1) is 0 Å². The molecule has 0 aliphatic carbocycles. The number of nitrogens with one attached hydrogen (secondary N) is 1. The van der Waals surface area contributed by atoms with Gasteiger partial charge in [-0.3, -0.25) is 10.3 Å². The van der Waals surface area contributed by atoms with E-state index in [1.54, 1.807) is 7.11 Å². The Hall–Kier alpha value is -2.21. The summed E-state index contributed by atoms with van der Waals surface area (Å²) in [6, 6.07) is 5.75. The van der Waals surface area contributed by atoms with Gasteiger partial charge in [-0.2, -0.15) is 0 Å². The van der Waals surface area contributed by atoms with Crippen molar-refractivity contribution in [1.29, 1.82) is 5.41 Å². The summed E-state index contributed by atoms with van der Waals surface area (Å²) in [6.45, 7) is 5.54. The largest absolute Gasteiger partial charge is 0.493 e. The third kappa shape index (κ3) is 4.21. The van der Waals surface area contributed by atoms with Crippen molar-refractivity contribution in [2.24, 2.45) is 5.92 Å². The lowest BCUT2D eigenvalue weighted by Crippen LogP contribution is -2.46. The summed E-state index contributed by atoms with van der Waals surface area (Å²) in [5.41, 5.74) is 0. The Morgan fingerprint density at radius 3 is 2.81 bits per heavy atom. The molecule has 4 rings (SSSR count). The number of nitrogens with zero attached hydrogens (tertiary/aromatic N) is 2. The normalized spacial score (nSPS) is 23.5. The van der Waals surface area contributed by atoms with E-state index in [0.717, 1.165) is 62.2 Å². The number of benzene rings is 1. The molecule has 0 aromatic heterocycles. The zero-order chi connectivity index (χ0) is 18.6. The van der Waals surface area contributed by atoms with Crippen LogP contribution in [0.4, 0.5) is 0 Å². The number of piperidine rings is 1. The second-order valence-corrected chi connectivity index (χ2v) is 7.61. The topological polar surface area (TPSA) is 58.0 Å². The van der Waals surface area contributed by atoms with E-state index in [1.165, 1.54) is 12.8 Å². The van der Waals surface area contributed by atoms with Crippen molar-refractivity contribution < 1.29 is 14.2 Å². The van der Waals surface area contributed by atoms with E-state index in [1.807, 2.05) is 18.2 Å². The van der Waals surface area contributed by atoms with Crippen molar-refractivity contribution in [3.8, 4) is 17.2 Å². The zero-order valence-corrected chi connectivity index (χ0v) is 16.0. The van der Waals surface area contributed by atoms with Gasteiger partial charge in [0.2, 0.25) is 5.75 Å². The maximum absolute atomic E-state index is 8.09. The standard InChI is InChI=1S/C21H29N3O3/c1-25-18-5-4-6-19-21(18)27-17(15-26-19)14-23-11-8-16(9-12-23)13-24-10-3-2-7-20(24)22/h2-6,16-17,22H,7-15H2,1H3. The summed E-state index contributed by atoms with van der Waals surface area (Å²) in [5, 5.41) is 8.09. The first kappa shape index (κ1) is 18.2. The first-order chi connectivity index (χ1) is 13.2. The molecule has 3 aliphatic rings. The molecule has 1 atom stereocenters. The fraction of sp³-hybridized carbons (Fsp3) is 0.571. The Bertz CT molecular complexity index is 684. The predicted octanol–water partition coefficient (Wildman–Crippen LogP) is 2.79. The molecule has 0 radical (unpaired) electrons. The van der Waals surface area contributed by atoms with E-state index in [0.29, 0.717) is 12.5 Å². The molecule has 6 nitrogen and oxygen atoms in total.